The third kappa shape index (κ3) is 2.53. The fourth-order valence-electron chi connectivity index (χ4n) is 1.09. The van der Waals surface area contributed by atoms with Crippen LogP contribution in [0.3, 0.4) is 0 Å². The number of rotatable bonds is 2. The summed E-state index contributed by atoms with van der Waals surface area (Å²) in [6.45, 7) is 3.56. The largest absolute Gasteiger partial charge is 0.289 e. The Labute approximate surface area is 89.9 Å². The Hall–Kier alpha value is -1.42. The molecule has 0 atom stereocenters. The van der Waals surface area contributed by atoms with E-state index in [1.165, 1.54) is 24.3 Å². The number of sulfone groups is 1. The molecule has 15 heavy (non-hydrogen) atoms. The first-order valence-electron chi connectivity index (χ1n) is 4.51. The van der Waals surface area contributed by atoms with Gasteiger partial charge in [-0.25, -0.2) is 8.42 Å². The lowest BCUT2D eigenvalue weighted by Crippen LogP contribution is -2.11. The monoisotopic (exact) mass is 223 g/mol. The molecule has 0 aliphatic carbocycles. The summed E-state index contributed by atoms with van der Waals surface area (Å²) in [7, 11) is -3.62. The first-order valence-corrected chi connectivity index (χ1v) is 6.00. The predicted molar refractivity (Wildman–Crippen MR) is 60.9 cm³/mol. The second-order valence-corrected chi connectivity index (χ2v) is 5.10. The standard InChI is InChI=1S/C11H13NO2S/c1-3-4-11(12)15(13,14)10-7-5-9(2)6-8-10/h3-8,12H,1-2H3/b4-3+,12-11?. The molecule has 0 amide bonds. The highest BCUT2D eigenvalue weighted by molar-refractivity contribution is 8.06. The van der Waals surface area contributed by atoms with E-state index < -0.39 is 9.84 Å². The average molecular weight is 223 g/mol. The Kier molecular flexibility index (Phi) is 3.42. The molecule has 0 heterocycles. The molecule has 1 rings (SSSR count). The van der Waals surface area contributed by atoms with E-state index in [4.69, 9.17) is 5.41 Å². The number of allylic oxidation sites excluding steroid dienone is 1. The Morgan fingerprint density at radius 2 is 1.80 bits per heavy atom. The molecule has 0 fully saturated rings. The van der Waals surface area contributed by atoms with Crippen LogP contribution in [0.4, 0.5) is 0 Å². The number of hydrogen-bond donors (Lipinski definition) is 1. The maximum absolute atomic E-state index is 11.8. The third-order valence-electron chi connectivity index (χ3n) is 1.94. The predicted octanol–water partition coefficient (Wildman–Crippen LogP) is 2.32. The highest BCUT2D eigenvalue weighted by atomic mass is 32.2. The molecule has 0 unspecified atom stereocenters. The first-order chi connectivity index (χ1) is 6.98. The van der Waals surface area contributed by atoms with E-state index in [9.17, 15) is 8.42 Å². The molecule has 0 saturated heterocycles. The smallest absolute Gasteiger partial charge is 0.223 e. The maximum atomic E-state index is 11.8. The maximum Gasteiger partial charge on any atom is 0.223 e. The van der Waals surface area contributed by atoms with Crippen molar-refractivity contribution in [2.75, 3.05) is 0 Å². The van der Waals surface area contributed by atoms with Gasteiger partial charge in [-0.15, -0.1) is 0 Å². The van der Waals surface area contributed by atoms with Gasteiger partial charge >= 0.3 is 0 Å². The van der Waals surface area contributed by atoms with Gasteiger partial charge in [-0.05, 0) is 32.1 Å². The van der Waals surface area contributed by atoms with E-state index in [2.05, 4.69) is 0 Å². The summed E-state index contributed by atoms with van der Waals surface area (Å²) < 4.78 is 23.5. The van der Waals surface area contributed by atoms with Crippen LogP contribution in [0.15, 0.2) is 41.3 Å². The normalized spacial score (nSPS) is 11.9. The Balaban J connectivity index is 3.18. The van der Waals surface area contributed by atoms with Gasteiger partial charge in [0.25, 0.3) is 0 Å². The summed E-state index contributed by atoms with van der Waals surface area (Å²) >= 11 is 0. The first kappa shape index (κ1) is 11.7. The lowest BCUT2D eigenvalue weighted by molar-refractivity contribution is 0.607. The van der Waals surface area contributed by atoms with Crippen molar-refractivity contribution in [3.63, 3.8) is 0 Å². The van der Waals surface area contributed by atoms with Gasteiger partial charge in [-0.1, -0.05) is 23.8 Å². The van der Waals surface area contributed by atoms with Crippen LogP contribution >= 0.6 is 0 Å². The molecular weight excluding hydrogens is 210 g/mol. The van der Waals surface area contributed by atoms with Crippen LogP contribution in [0.2, 0.25) is 0 Å². The minimum Gasteiger partial charge on any atom is -0.289 e. The van der Waals surface area contributed by atoms with E-state index in [0.717, 1.165) is 5.56 Å². The Morgan fingerprint density at radius 3 is 2.27 bits per heavy atom. The van der Waals surface area contributed by atoms with E-state index >= 15 is 0 Å². The molecule has 4 heteroatoms. The van der Waals surface area contributed by atoms with Crippen molar-refractivity contribution in [3.05, 3.63) is 42.0 Å². The Bertz CT molecular complexity index is 484. The van der Waals surface area contributed by atoms with Gasteiger partial charge in [0.05, 0.1) is 4.90 Å². The fraction of sp³-hybridized carbons (Fsp3) is 0.182. The Morgan fingerprint density at radius 1 is 1.27 bits per heavy atom. The lowest BCUT2D eigenvalue weighted by Gasteiger charge is -2.02. The molecule has 1 aromatic rings. The van der Waals surface area contributed by atoms with Crippen molar-refractivity contribution in [2.45, 2.75) is 18.7 Å². The molecular formula is C11H13NO2S. The molecule has 0 aromatic heterocycles. The topological polar surface area (TPSA) is 58.0 Å². The number of aryl methyl sites for hydroxylation is 1. The quantitative estimate of drug-likeness (QED) is 0.618. The van der Waals surface area contributed by atoms with Gasteiger partial charge in [0, 0.05) is 0 Å². The SMILES string of the molecule is C/C=C/C(=N)S(=O)(=O)c1ccc(C)cc1. The second kappa shape index (κ2) is 4.40. The van der Waals surface area contributed by atoms with Crippen LogP contribution in [-0.2, 0) is 9.84 Å². The minimum atomic E-state index is -3.62. The van der Waals surface area contributed by atoms with Gasteiger partial charge in [-0.2, -0.15) is 0 Å². The van der Waals surface area contributed by atoms with Gasteiger partial charge in [0.15, 0.2) is 5.04 Å². The van der Waals surface area contributed by atoms with Gasteiger partial charge in [0.1, 0.15) is 0 Å². The van der Waals surface area contributed by atoms with E-state index in [1.807, 2.05) is 6.92 Å². The molecule has 0 saturated carbocycles. The molecule has 0 radical (unpaired) electrons. The van der Waals surface area contributed by atoms with Crippen molar-refractivity contribution in [1.82, 2.24) is 0 Å². The van der Waals surface area contributed by atoms with Crippen molar-refractivity contribution in [1.29, 1.82) is 5.41 Å². The van der Waals surface area contributed by atoms with Crippen LogP contribution in [0, 0.1) is 12.3 Å². The fourth-order valence-corrected chi connectivity index (χ4v) is 2.15. The van der Waals surface area contributed by atoms with E-state index in [1.54, 1.807) is 19.1 Å². The zero-order chi connectivity index (χ0) is 11.5. The molecule has 1 N–H and O–H groups in total. The second-order valence-electron chi connectivity index (χ2n) is 3.18. The van der Waals surface area contributed by atoms with Gasteiger partial charge in [-0.3, -0.25) is 5.41 Å². The van der Waals surface area contributed by atoms with Crippen molar-refractivity contribution in [2.24, 2.45) is 0 Å². The van der Waals surface area contributed by atoms with E-state index in [0.29, 0.717) is 0 Å². The highest BCUT2D eigenvalue weighted by Crippen LogP contribution is 2.13. The van der Waals surface area contributed by atoms with Crippen LogP contribution in [0.1, 0.15) is 12.5 Å². The molecule has 0 bridgehead atoms. The van der Waals surface area contributed by atoms with Crippen LogP contribution < -0.4 is 0 Å². The zero-order valence-electron chi connectivity index (χ0n) is 8.69. The van der Waals surface area contributed by atoms with Gasteiger partial charge < -0.3 is 0 Å². The molecule has 1 aromatic carbocycles. The van der Waals surface area contributed by atoms with Crippen LogP contribution in [0.5, 0.6) is 0 Å². The number of nitrogens with one attached hydrogen (secondary N) is 1. The molecule has 0 aliphatic heterocycles. The van der Waals surface area contributed by atoms with Gasteiger partial charge in [0.2, 0.25) is 9.84 Å². The lowest BCUT2D eigenvalue weighted by atomic mass is 10.2. The van der Waals surface area contributed by atoms with Crippen molar-refractivity contribution >= 4 is 14.9 Å². The summed E-state index contributed by atoms with van der Waals surface area (Å²) in [5, 5.41) is 7.03. The van der Waals surface area contributed by atoms with Crippen LogP contribution in [0.25, 0.3) is 0 Å². The summed E-state index contributed by atoms with van der Waals surface area (Å²) in [6, 6.07) is 6.47. The number of benzene rings is 1. The summed E-state index contributed by atoms with van der Waals surface area (Å²) in [6.07, 6.45) is 2.81. The summed E-state index contributed by atoms with van der Waals surface area (Å²) in [5.41, 5.74) is 0.992. The van der Waals surface area contributed by atoms with Crippen LogP contribution in [-0.4, -0.2) is 13.5 Å². The summed E-state index contributed by atoms with van der Waals surface area (Å²) in [4.78, 5) is 0.163. The molecule has 0 aliphatic rings. The minimum absolute atomic E-state index is 0.163. The highest BCUT2D eigenvalue weighted by Gasteiger charge is 2.17. The third-order valence-corrected chi connectivity index (χ3v) is 3.55. The van der Waals surface area contributed by atoms with E-state index in [-0.39, 0.29) is 9.94 Å². The average Bonchev–Trinajstić information content (AvgIpc) is 2.18. The van der Waals surface area contributed by atoms with Crippen molar-refractivity contribution < 1.29 is 8.42 Å². The van der Waals surface area contributed by atoms with Crippen molar-refractivity contribution in [3.8, 4) is 0 Å². The molecule has 3 nitrogen and oxygen atoms in total. The molecule has 80 valence electrons. The summed E-state index contributed by atoms with van der Waals surface area (Å²) in [5.74, 6) is 0. The number of hydrogen-bond acceptors (Lipinski definition) is 3. The zero-order valence-corrected chi connectivity index (χ0v) is 9.51. The molecule has 0 spiro atoms.